The van der Waals surface area contributed by atoms with Gasteiger partial charge in [0.05, 0.1) is 17.3 Å². The van der Waals surface area contributed by atoms with Crippen molar-refractivity contribution in [2.75, 3.05) is 25.6 Å². The fourth-order valence-electron chi connectivity index (χ4n) is 1.45. The van der Waals surface area contributed by atoms with Crippen LogP contribution in [0, 0.1) is 0 Å². The maximum absolute atomic E-state index is 11.6. The Morgan fingerprint density at radius 2 is 2.00 bits per heavy atom. The van der Waals surface area contributed by atoms with Crippen molar-refractivity contribution >= 4 is 29.1 Å². The van der Waals surface area contributed by atoms with Gasteiger partial charge in [-0.1, -0.05) is 23.7 Å². The van der Waals surface area contributed by atoms with E-state index in [4.69, 9.17) is 16.3 Å². The second kappa shape index (κ2) is 7.23. The van der Waals surface area contributed by atoms with E-state index in [0.717, 1.165) is 0 Å². The summed E-state index contributed by atoms with van der Waals surface area (Å²) >= 11 is 5.86. The lowest BCUT2D eigenvalue weighted by Crippen LogP contribution is -2.46. The first-order valence-corrected chi connectivity index (χ1v) is 6.28. The van der Waals surface area contributed by atoms with Crippen LogP contribution < -0.4 is 10.6 Å². The van der Waals surface area contributed by atoms with Crippen molar-refractivity contribution in [1.82, 2.24) is 5.32 Å². The molecule has 0 heterocycles. The van der Waals surface area contributed by atoms with E-state index in [0.29, 0.717) is 10.7 Å². The number of carbonyl (C=O) groups excluding carboxylic acids is 2. The number of para-hydroxylation sites is 1. The lowest BCUT2D eigenvalue weighted by Gasteiger charge is -2.22. The van der Waals surface area contributed by atoms with Crippen LogP contribution in [0.3, 0.4) is 0 Å². The van der Waals surface area contributed by atoms with Gasteiger partial charge in [0, 0.05) is 13.7 Å². The highest BCUT2D eigenvalue weighted by molar-refractivity contribution is 6.41. The number of ether oxygens (including phenoxy) is 1. The minimum Gasteiger partial charge on any atom is -0.386 e. The zero-order valence-corrected chi connectivity index (χ0v) is 12.0. The van der Waals surface area contributed by atoms with Crippen LogP contribution in [-0.4, -0.2) is 42.8 Å². The lowest BCUT2D eigenvalue weighted by molar-refractivity contribution is -0.137. The second-order valence-corrected chi connectivity index (χ2v) is 4.95. The van der Waals surface area contributed by atoms with Gasteiger partial charge in [-0.2, -0.15) is 0 Å². The van der Waals surface area contributed by atoms with E-state index in [-0.39, 0.29) is 13.2 Å². The molecule has 7 heteroatoms. The van der Waals surface area contributed by atoms with Gasteiger partial charge in [0.15, 0.2) is 0 Å². The van der Waals surface area contributed by atoms with Crippen LogP contribution in [0.25, 0.3) is 0 Å². The fourth-order valence-corrected chi connectivity index (χ4v) is 1.64. The highest BCUT2D eigenvalue weighted by Crippen LogP contribution is 2.20. The number of aliphatic hydroxyl groups is 1. The molecule has 0 aliphatic carbocycles. The second-order valence-electron chi connectivity index (χ2n) is 4.55. The van der Waals surface area contributed by atoms with E-state index in [1.54, 1.807) is 24.3 Å². The third-order valence-corrected chi connectivity index (χ3v) is 2.74. The maximum Gasteiger partial charge on any atom is 0.313 e. The van der Waals surface area contributed by atoms with Crippen LogP contribution in [-0.2, 0) is 14.3 Å². The van der Waals surface area contributed by atoms with Crippen molar-refractivity contribution in [2.24, 2.45) is 0 Å². The van der Waals surface area contributed by atoms with Crippen LogP contribution in [0.1, 0.15) is 6.92 Å². The summed E-state index contributed by atoms with van der Waals surface area (Å²) in [6.07, 6.45) is 0. The van der Waals surface area contributed by atoms with Gasteiger partial charge in [-0.05, 0) is 19.1 Å². The molecule has 0 bridgehead atoms. The predicted octanol–water partition coefficient (Wildman–Crippen LogP) is 0.792. The van der Waals surface area contributed by atoms with Crippen molar-refractivity contribution in [3.8, 4) is 0 Å². The van der Waals surface area contributed by atoms with Crippen molar-refractivity contribution < 1.29 is 19.4 Å². The number of halogens is 1. The van der Waals surface area contributed by atoms with Gasteiger partial charge in [0.25, 0.3) is 0 Å². The summed E-state index contributed by atoms with van der Waals surface area (Å²) in [5.41, 5.74) is -0.896. The quantitative estimate of drug-likeness (QED) is 0.702. The van der Waals surface area contributed by atoms with Gasteiger partial charge in [-0.25, -0.2) is 0 Å². The van der Waals surface area contributed by atoms with Crippen molar-refractivity contribution in [1.29, 1.82) is 0 Å². The smallest absolute Gasteiger partial charge is 0.313 e. The number of rotatable bonds is 5. The molecule has 1 unspecified atom stereocenters. The van der Waals surface area contributed by atoms with E-state index in [1.165, 1.54) is 14.0 Å². The summed E-state index contributed by atoms with van der Waals surface area (Å²) in [5, 5.41) is 14.8. The van der Waals surface area contributed by atoms with Gasteiger partial charge in [0.2, 0.25) is 0 Å². The van der Waals surface area contributed by atoms with Crippen molar-refractivity contribution in [3.05, 3.63) is 29.3 Å². The van der Waals surface area contributed by atoms with Crippen LogP contribution in [0.4, 0.5) is 5.69 Å². The van der Waals surface area contributed by atoms with Crippen LogP contribution >= 0.6 is 11.6 Å². The number of hydrogen-bond acceptors (Lipinski definition) is 4. The van der Waals surface area contributed by atoms with Crippen LogP contribution in [0.15, 0.2) is 24.3 Å². The molecule has 0 aromatic heterocycles. The Kier molecular flexibility index (Phi) is 5.94. The average molecular weight is 301 g/mol. The maximum atomic E-state index is 11.6. The summed E-state index contributed by atoms with van der Waals surface area (Å²) in [7, 11) is 1.43. The summed E-state index contributed by atoms with van der Waals surface area (Å²) in [6.45, 7) is 1.43. The number of benzene rings is 1. The van der Waals surface area contributed by atoms with Gasteiger partial charge in [-0.3, -0.25) is 9.59 Å². The van der Waals surface area contributed by atoms with Gasteiger partial charge >= 0.3 is 11.8 Å². The molecular formula is C13H17ClN2O4. The Morgan fingerprint density at radius 3 is 2.60 bits per heavy atom. The Balaban J connectivity index is 2.52. The molecule has 0 radical (unpaired) electrons. The van der Waals surface area contributed by atoms with E-state index >= 15 is 0 Å². The molecule has 0 fully saturated rings. The van der Waals surface area contributed by atoms with Gasteiger partial charge < -0.3 is 20.5 Å². The standard InChI is InChI=1S/C13H17ClN2O4/c1-13(19,8-20-2)7-15-11(17)12(18)16-10-6-4-3-5-9(10)14/h3-6,19H,7-8H2,1-2H3,(H,15,17)(H,16,18). The molecule has 0 saturated carbocycles. The first-order chi connectivity index (χ1) is 9.35. The lowest BCUT2D eigenvalue weighted by atomic mass is 10.1. The van der Waals surface area contributed by atoms with Gasteiger partial charge in [-0.15, -0.1) is 0 Å². The molecule has 1 aromatic rings. The molecule has 0 aliphatic heterocycles. The number of carbonyl (C=O) groups is 2. The van der Waals surface area contributed by atoms with Crippen LogP contribution in [0.2, 0.25) is 5.02 Å². The van der Waals surface area contributed by atoms with E-state index < -0.39 is 17.4 Å². The Bertz CT molecular complexity index is 491. The molecule has 1 rings (SSSR count). The summed E-state index contributed by atoms with van der Waals surface area (Å²) in [6, 6.07) is 6.57. The molecule has 3 N–H and O–H groups in total. The third-order valence-electron chi connectivity index (χ3n) is 2.41. The molecule has 20 heavy (non-hydrogen) atoms. The Hall–Kier alpha value is -1.63. The zero-order valence-electron chi connectivity index (χ0n) is 11.3. The largest absolute Gasteiger partial charge is 0.386 e. The normalized spacial score (nSPS) is 13.4. The van der Waals surface area contributed by atoms with E-state index in [9.17, 15) is 14.7 Å². The number of methoxy groups -OCH3 is 1. The number of nitrogens with one attached hydrogen (secondary N) is 2. The predicted molar refractivity (Wildman–Crippen MR) is 75.6 cm³/mol. The highest BCUT2D eigenvalue weighted by atomic mass is 35.5. The Morgan fingerprint density at radius 1 is 1.35 bits per heavy atom. The molecule has 0 spiro atoms. The first-order valence-electron chi connectivity index (χ1n) is 5.91. The molecule has 2 amide bonds. The Labute approximate surface area is 122 Å². The summed E-state index contributed by atoms with van der Waals surface area (Å²) < 4.78 is 4.79. The molecule has 0 saturated heterocycles. The van der Waals surface area contributed by atoms with Crippen molar-refractivity contribution in [2.45, 2.75) is 12.5 Å². The number of hydrogen-bond donors (Lipinski definition) is 3. The molecular weight excluding hydrogens is 284 g/mol. The van der Waals surface area contributed by atoms with Gasteiger partial charge in [0.1, 0.15) is 5.60 Å². The molecule has 1 atom stereocenters. The third kappa shape index (κ3) is 5.16. The minimum absolute atomic E-state index is 0.0411. The monoisotopic (exact) mass is 300 g/mol. The fraction of sp³-hybridized carbons (Fsp3) is 0.385. The van der Waals surface area contributed by atoms with E-state index in [1.807, 2.05) is 0 Å². The highest BCUT2D eigenvalue weighted by Gasteiger charge is 2.23. The molecule has 110 valence electrons. The molecule has 0 aliphatic rings. The topological polar surface area (TPSA) is 87.7 Å². The number of anilines is 1. The number of amides is 2. The summed E-state index contributed by atoms with van der Waals surface area (Å²) in [4.78, 5) is 23.2. The molecule has 6 nitrogen and oxygen atoms in total. The van der Waals surface area contributed by atoms with Crippen LogP contribution in [0.5, 0.6) is 0 Å². The van der Waals surface area contributed by atoms with Crippen molar-refractivity contribution in [3.63, 3.8) is 0 Å². The first kappa shape index (κ1) is 16.4. The molecule has 1 aromatic carbocycles. The zero-order chi connectivity index (χ0) is 15.2. The van der Waals surface area contributed by atoms with E-state index in [2.05, 4.69) is 10.6 Å². The minimum atomic E-state index is -1.24. The SMILES string of the molecule is COCC(C)(O)CNC(=O)C(=O)Nc1ccccc1Cl. The average Bonchev–Trinajstić information content (AvgIpc) is 2.38. The summed E-state index contributed by atoms with van der Waals surface area (Å²) in [5.74, 6) is -1.72.